The lowest BCUT2D eigenvalue weighted by Crippen LogP contribution is -2.16. The van der Waals surface area contributed by atoms with Gasteiger partial charge >= 0.3 is 0 Å². The molecule has 0 aliphatic carbocycles. The van der Waals surface area contributed by atoms with E-state index in [-0.39, 0.29) is 5.75 Å². The van der Waals surface area contributed by atoms with Crippen molar-refractivity contribution in [3.05, 3.63) is 47.3 Å². The molecule has 0 amide bonds. The number of nitrogens with two attached hydrogens (primary N) is 1. The number of aromatic nitrogens is 2. The standard InChI is InChI=1S/C14H18N4O2S/c15-21(19,20)10-11-1-3-13(4-2-11)18-9-12-5-7-16-8-6-14(12)17-18/h1-4,9,16H,5-8,10H2,(H2,15,19,20). The summed E-state index contributed by atoms with van der Waals surface area (Å²) in [6, 6.07) is 7.28. The zero-order valence-electron chi connectivity index (χ0n) is 11.6. The minimum Gasteiger partial charge on any atom is -0.316 e. The molecule has 2 heterocycles. The van der Waals surface area contributed by atoms with Crippen molar-refractivity contribution in [2.45, 2.75) is 18.6 Å². The molecule has 1 aliphatic heterocycles. The largest absolute Gasteiger partial charge is 0.316 e. The summed E-state index contributed by atoms with van der Waals surface area (Å²) < 4.78 is 24.0. The average Bonchev–Trinajstić information content (AvgIpc) is 2.69. The maximum absolute atomic E-state index is 11.1. The first-order chi connectivity index (χ1) is 10.0. The van der Waals surface area contributed by atoms with Gasteiger partial charge in [0.05, 0.1) is 17.1 Å². The van der Waals surface area contributed by atoms with Crippen LogP contribution in [0.1, 0.15) is 16.8 Å². The number of sulfonamides is 1. The van der Waals surface area contributed by atoms with Crippen molar-refractivity contribution in [2.75, 3.05) is 13.1 Å². The molecular weight excluding hydrogens is 288 g/mol. The molecule has 0 saturated heterocycles. The second kappa shape index (κ2) is 5.59. The van der Waals surface area contributed by atoms with E-state index < -0.39 is 10.0 Å². The summed E-state index contributed by atoms with van der Waals surface area (Å²) in [6.45, 7) is 1.93. The molecule has 112 valence electrons. The van der Waals surface area contributed by atoms with E-state index in [1.54, 1.807) is 12.1 Å². The third-order valence-corrected chi connectivity index (χ3v) is 4.29. The van der Waals surface area contributed by atoms with Crippen LogP contribution in [-0.4, -0.2) is 31.3 Å². The third-order valence-electron chi connectivity index (χ3n) is 3.56. The number of nitrogens with one attached hydrogen (secondary N) is 1. The van der Waals surface area contributed by atoms with Crippen LogP contribution in [0.25, 0.3) is 5.69 Å². The Hall–Kier alpha value is -1.70. The quantitative estimate of drug-likeness (QED) is 0.856. The van der Waals surface area contributed by atoms with Crippen LogP contribution in [0.2, 0.25) is 0 Å². The van der Waals surface area contributed by atoms with Gasteiger partial charge in [-0.1, -0.05) is 12.1 Å². The molecule has 0 unspecified atom stereocenters. The molecule has 1 aromatic heterocycles. The normalized spacial score (nSPS) is 15.5. The molecule has 3 rings (SSSR count). The molecule has 0 spiro atoms. The predicted octanol–water partition coefficient (Wildman–Crippen LogP) is 0.349. The van der Waals surface area contributed by atoms with Crippen molar-refractivity contribution in [2.24, 2.45) is 5.14 Å². The van der Waals surface area contributed by atoms with Gasteiger partial charge in [0.2, 0.25) is 10.0 Å². The molecule has 1 aliphatic rings. The molecule has 0 saturated carbocycles. The summed E-state index contributed by atoms with van der Waals surface area (Å²) in [5, 5.41) is 13.0. The fraction of sp³-hybridized carbons (Fsp3) is 0.357. The summed E-state index contributed by atoms with van der Waals surface area (Å²) in [6.07, 6.45) is 3.97. The molecule has 21 heavy (non-hydrogen) atoms. The Balaban J connectivity index is 1.84. The van der Waals surface area contributed by atoms with Crippen molar-refractivity contribution in [1.82, 2.24) is 15.1 Å². The van der Waals surface area contributed by atoms with Gasteiger partial charge in [-0.3, -0.25) is 0 Å². The fourth-order valence-electron chi connectivity index (χ4n) is 2.53. The van der Waals surface area contributed by atoms with Crippen LogP contribution in [-0.2, 0) is 28.6 Å². The van der Waals surface area contributed by atoms with Gasteiger partial charge < -0.3 is 5.32 Å². The van der Waals surface area contributed by atoms with Crippen molar-refractivity contribution >= 4 is 10.0 Å². The highest BCUT2D eigenvalue weighted by Crippen LogP contribution is 2.16. The lowest BCUT2D eigenvalue weighted by Gasteiger charge is -2.04. The van der Waals surface area contributed by atoms with Crippen molar-refractivity contribution in [1.29, 1.82) is 0 Å². The van der Waals surface area contributed by atoms with E-state index in [2.05, 4.69) is 16.6 Å². The van der Waals surface area contributed by atoms with Crippen LogP contribution < -0.4 is 10.5 Å². The summed E-state index contributed by atoms with van der Waals surface area (Å²) >= 11 is 0. The maximum Gasteiger partial charge on any atom is 0.213 e. The van der Waals surface area contributed by atoms with Gasteiger partial charge in [0.15, 0.2) is 0 Å². The average molecular weight is 306 g/mol. The smallest absolute Gasteiger partial charge is 0.213 e. The van der Waals surface area contributed by atoms with E-state index in [0.717, 1.165) is 37.3 Å². The number of benzene rings is 1. The van der Waals surface area contributed by atoms with E-state index in [9.17, 15) is 8.42 Å². The van der Waals surface area contributed by atoms with Crippen LogP contribution >= 0.6 is 0 Å². The van der Waals surface area contributed by atoms with Crippen molar-refractivity contribution < 1.29 is 8.42 Å². The van der Waals surface area contributed by atoms with Crippen molar-refractivity contribution in [3.8, 4) is 5.69 Å². The first-order valence-corrected chi connectivity index (χ1v) is 8.61. The number of fused-ring (bicyclic) bond motifs is 1. The number of primary sulfonamides is 1. The molecule has 2 aromatic rings. The molecule has 0 fully saturated rings. The zero-order chi connectivity index (χ0) is 14.9. The third kappa shape index (κ3) is 3.49. The number of hydrogen-bond acceptors (Lipinski definition) is 4. The van der Waals surface area contributed by atoms with Gasteiger partial charge in [-0.05, 0) is 36.2 Å². The fourth-order valence-corrected chi connectivity index (χ4v) is 3.19. The highest BCUT2D eigenvalue weighted by Gasteiger charge is 2.13. The molecule has 3 N–H and O–H groups in total. The van der Waals surface area contributed by atoms with Crippen LogP contribution in [0, 0.1) is 0 Å². The Morgan fingerprint density at radius 3 is 2.62 bits per heavy atom. The van der Waals surface area contributed by atoms with Gasteiger partial charge in [0, 0.05) is 19.2 Å². The second-order valence-corrected chi connectivity index (χ2v) is 6.88. The van der Waals surface area contributed by atoms with E-state index >= 15 is 0 Å². The molecule has 0 radical (unpaired) electrons. The Kier molecular flexibility index (Phi) is 3.79. The lowest BCUT2D eigenvalue weighted by molar-refractivity contribution is 0.597. The van der Waals surface area contributed by atoms with Gasteiger partial charge in [-0.15, -0.1) is 0 Å². The SMILES string of the molecule is NS(=O)(=O)Cc1ccc(-n2cc3c(n2)CCNCC3)cc1. The summed E-state index contributed by atoms with van der Waals surface area (Å²) in [5.74, 6) is -0.144. The lowest BCUT2D eigenvalue weighted by atomic mass is 10.2. The minimum atomic E-state index is -3.49. The monoisotopic (exact) mass is 306 g/mol. The zero-order valence-corrected chi connectivity index (χ0v) is 12.4. The van der Waals surface area contributed by atoms with E-state index in [0.29, 0.717) is 5.56 Å². The minimum absolute atomic E-state index is 0.144. The van der Waals surface area contributed by atoms with E-state index in [1.807, 2.05) is 16.8 Å². The molecule has 6 nitrogen and oxygen atoms in total. The first-order valence-electron chi connectivity index (χ1n) is 6.89. The van der Waals surface area contributed by atoms with E-state index in [4.69, 9.17) is 5.14 Å². The van der Waals surface area contributed by atoms with E-state index in [1.165, 1.54) is 5.56 Å². The molecule has 0 bridgehead atoms. The van der Waals surface area contributed by atoms with Gasteiger partial charge in [0.25, 0.3) is 0 Å². The highest BCUT2D eigenvalue weighted by atomic mass is 32.2. The van der Waals surface area contributed by atoms with Crippen LogP contribution in [0.5, 0.6) is 0 Å². The second-order valence-electron chi connectivity index (χ2n) is 5.27. The molecule has 0 atom stereocenters. The van der Waals surface area contributed by atoms with Crippen molar-refractivity contribution in [3.63, 3.8) is 0 Å². The van der Waals surface area contributed by atoms with Gasteiger partial charge in [-0.25, -0.2) is 18.2 Å². The van der Waals surface area contributed by atoms with Crippen LogP contribution in [0.15, 0.2) is 30.5 Å². The Bertz CT molecular complexity index is 711. The number of hydrogen-bond donors (Lipinski definition) is 2. The van der Waals surface area contributed by atoms with Gasteiger partial charge in [-0.2, -0.15) is 5.10 Å². The predicted molar refractivity (Wildman–Crippen MR) is 80.7 cm³/mol. The molecular formula is C14H18N4O2S. The number of nitrogens with zero attached hydrogens (tertiary/aromatic N) is 2. The Labute approximate surface area is 124 Å². The molecule has 7 heteroatoms. The van der Waals surface area contributed by atoms with Crippen LogP contribution in [0.3, 0.4) is 0 Å². The summed E-state index contributed by atoms with van der Waals surface area (Å²) in [4.78, 5) is 0. The first kappa shape index (κ1) is 14.2. The highest BCUT2D eigenvalue weighted by molar-refractivity contribution is 7.88. The number of rotatable bonds is 3. The van der Waals surface area contributed by atoms with Gasteiger partial charge in [0.1, 0.15) is 0 Å². The summed E-state index contributed by atoms with van der Waals surface area (Å²) in [5.41, 5.74) is 4.01. The van der Waals surface area contributed by atoms with Crippen LogP contribution in [0.4, 0.5) is 0 Å². The summed E-state index contributed by atoms with van der Waals surface area (Å²) in [7, 11) is -3.49. The molecule has 1 aromatic carbocycles. The Morgan fingerprint density at radius 2 is 1.90 bits per heavy atom. The topological polar surface area (TPSA) is 90.0 Å². The Morgan fingerprint density at radius 1 is 1.19 bits per heavy atom. The maximum atomic E-state index is 11.1.